The monoisotopic (exact) mass is 228 g/mol. The molecule has 86 valence electrons. The van der Waals surface area contributed by atoms with Crippen LogP contribution in [-0.2, 0) is 4.79 Å². The zero-order valence-electron chi connectivity index (χ0n) is 9.53. The number of carbonyl (C=O) groups excluding carboxylic acids is 1. The highest BCUT2D eigenvalue weighted by Crippen LogP contribution is 2.31. The second-order valence-electron chi connectivity index (χ2n) is 3.92. The summed E-state index contributed by atoms with van der Waals surface area (Å²) < 4.78 is 0. The Kier molecular flexibility index (Phi) is 4.26. The number of nitrogens with zero attached hydrogens (tertiary/aromatic N) is 3. The number of nitrogens with one attached hydrogen (secondary N) is 1. The van der Waals surface area contributed by atoms with E-state index in [1.54, 1.807) is 12.1 Å². The lowest BCUT2D eigenvalue weighted by Crippen LogP contribution is -2.39. The molecule has 0 saturated carbocycles. The van der Waals surface area contributed by atoms with Crippen LogP contribution in [-0.4, -0.2) is 5.91 Å². The van der Waals surface area contributed by atoms with Crippen molar-refractivity contribution in [2.75, 3.05) is 0 Å². The van der Waals surface area contributed by atoms with Crippen molar-refractivity contribution in [1.82, 2.24) is 5.32 Å². The van der Waals surface area contributed by atoms with Crippen LogP contribution in [0.1, 0.15) is 26.2 Å². The number of hydrogen-bond acceptors (Lipinski definition) is 4. The summed E-state index contributed by atoms with van der Waals surface area (Å²) in [6.45, 7) is 1.97. The molecular formula is C12H12N4O. The summed E-state index contributed by atoms with van der Waals surface area (Å²) in [6, 6.07) is 5.53. The van der Waals surface area contributed by atoms with Gasteiger partial charge in [0.1, 0.15) is 17.7 Å². The van der Waals surface area contributed by atoms with Crippen LogP contribution in [0.5, 0.6) is 0 Å². The van der Waals surface area contributed by atoms with Crippen molar-refractivity contribution in [1.29, 1.82) is 15.8 Å². The van der Waals surface area contributed by atoms with E-state index < -0.39 is 5.92 Å². The minimum atomic E-state index is -0.568. The molecule has 0 aliphatic carbocycles. The zero-order chi connectivity index (χ0) is 12.8. The van der Waals surface area contributed by atoms with Gasteiger partial charge in [-0.05, 0) is 12.3 Å². The molecule has 2 atom stereocenters. The van der Waals surface area contributed by atoms with Crippen molar-refractivity contribution in [3.05, 3.63) is 11.3 Å². The Labute approximate surface area is 99.9 Å². The lowest BCUT2D eigenvalue weighted by Gasteiger charge is -2.29. The quantitative estimate of drug-likeness (QED) is 0.721. The lowest BCUT2D eigenvalue weighted by molar-refractivity contribution is -0.123. The van der Waals surface area contributed by atoms with Crippen LogP contribution in [0.3, 0.4) is 0 Å². The van der Waals surface area contributed by atoms with E-state index in [0.717, 1.165) is 12.8 Å². The van der Waals surface area contributed by atoms with Crippen LogP contribution in [0, 0.1) is 45.8 Å². The molecule has 1 aliphatic rings. The Morgan fingerprint density at radius 2 is 2.06 bits per heavy atom. The number of rotatable bonds is 2. The number of allylic oxidation sites excluding steroid dienone is 2. The average molecular weight is 228 g/mol. The zero-order valence-corrected chi connectivity index (χ0v) is 9.53. The molecule has 0 aromatic heterocycles. The molecule has 1 heterocycles. The minimum absolute atomic E-state index is 0.106. The van der Waals surface area contributed by atoms with Gasteiger partial charge in [-0.1, -0.05) is 13.3 Å². The van der Waals surface area contributed by atoms with E-state index in [-0.39, 0.29) is 29.5 Å². The van der Waals surface area contributed by atoms with E-state index >= 15 is 0 Å². The second kappa shape index (κ2) is 5.68. The molecule has 5 nitrogen and oxygen atoms in total. The van der Waals surface area contributed by atoms with Crippen molar-refractivity contribution in [2.45, 2.75) is 26.2 Å². The Hall–Kier alpha value is -2.32. The maximum atomic E-state index is 11.5. The van der Waals surface area contributed by atoms with E-state index in [1.165, 1.54) is 0 Å². The van der Waals surface area contributed by atoms with Gasteiger partial charge in [0.2, 0.25) is 5.91 Å². The third-order valence-electron chi connectivity index (χ3n) is 2.80. The summed E-state index contributed by atoms with van der Waals surface area (Å²) in [7, 11) is 0. The molecule has 1 rings (SSSR count). The van der Waals surface area contributed by atoms with Gasteiger partial charge in [0, 0.05) is 6.42 Å². The number of nitriles is 3. The van der Waals surface area contributed by atoms with Gasteiger partial charge in [0.15, 0.2) is 0 Å². The van der Waals surface area contributed by atoms with E-state index in [2.05, 4.69) is 11.4 Å². The van der Waals surface area contributed by atoms with Gasteiger partial charge in [0.05, 0.1) is 17.7 Å². The third-order valence-corrected chi connectivity index (χ3v) is 2.80. The molecule has 0 radical (unpaired) electrons. The van der Waals surface area contributed by atoms with Crippen LogP contribution in [0.2, 0.25) is 0 Å². The molecule has 1 amide bonds. The number of hydrogen-bond donors (Lipinski definition) is 1. The molecule has 0 aromatic rings. The van der Waals surface area contributed by atoms with Crippen molar-refractivity contribution in [3.8, 4) is 18.2 Å². The molecule has 5 heteroatoms. The summed E-state index contributed by atoms with van der Waals surface area (Å²) in [6.07, 6.45) is 1.87. The Morgan fingerprint density at radius 1 is 1.41 bits per heavy atom. The van der Waals surface area contributed by atoms with Crippen LogP contribution < -0.4 is 5.32 Å². The highest BCUT2D eigenvalue weighted by molar-refractivity contribution is 5.80. The molecule has 1 saturated heterocycles. The van der Waals surface area contributed by atoms with Gasteiger partial charge in [0.25, 0.3) is 0 Å². The van der Waals surface area contributed by atoms with E-state index in [4.69, 9.17) is 15.8 Å². The Morgan fingerprint density at radius 3 is 2.53 bits per heavy atom. The first-order chi connectivity index (χ1) is 8.17. The van der Waals surface area contributed by atoms with Gasteiger partial charge in [-0.3, -0.25) is 4.79 Å². The number of carbonyl (C=O) groups is 1. The SMILES string of the molecule is CCCC1CC(=O)NC(=C(C#N)C#N)C1C#N. The van der Waals surface area contributed by atoms with Crippen LogP contribution in [0.25, 0.3) is 0 Å². The van der Waals surface area contributed by atoms with Gasteiger partial charge >= 0.3 is 0 Å². The molecule has 1 fully saturated rings. The Bertz CT molecular complexity index is 456. The standard InChI is InChI=1S/C12H12N4O/c1-2-3-8-4-11(17)16-12(10(8)7-15)9(5-13)6-14/h8,10H,2-4H2,1H3,(H,16,17). The highest BCUT2D eigenvalue weighted by Gasteiger charge is 2.34. The third kappa shape index (κ3) is 2.62. The highest BCUT2D eigenvalue weighted by atomic mass is 16.1. The van der Waals surface area contributed by atoms with Crippen LogP contribution in [0.4, 0.5) is 0 Å². The van der Waals surface area contributed by atoms with Gasteiger partial charge < -0.3 is 5.32 Å². The largest absolute Gasteiger partial charge is 0.327 e. The summed E-state index contributed by atoms with van der Waals surface area (Å²) in [5.74, 6) is -0.902. The lowest BCUT2D eigenvalue weighted by atomic mass is 9.80. The van der Waals surface area contributed by atoms with Gasteiger partial charge in [-0.15, -0.1) is 0 Å². The van der Waals surface area contributed by atoms with Crippen molar-refractivity contribution in [3.63, 3.8) is 0 Å². The smallest absolute Gasteiger partial charge is 0.224 e. The summed E-state index contributed by atoms with van der Waals surface area (Å²) in [5.41, 5.74) is -0.00194. The number of amides is 1. The first-order valence-corrected chi connectivity index (χ1v) is 5.41. The fourth-order valence-electron chi connectivity index (χ4n) is 2.04. The maximum Gasteiger partial charge on any atom is 0.224 e. The fraction of sp³-hybridized carbons (Fsp3) is 0.500. The second-order valence-corrected chi connectivity index (χ2v) is 3.92. The number of piperidine rings is 1. The predicted octanol–water partition coefficient (Wildman–Crippen LogP) is 1.36. The molecule has 2 unspecified atom stereocenters. The molecule has 0 bridgehead atoms. The van der Waals surface area contributed by atoms with Crippen LogP contribution >= 0.6 is 0 Å². The van der Waals surface area contributed by atoms with Gasteiger partial charge in [-0.25, -0.2) is 0 Å². The Balaban J connectivity index is 3.17. The van der Waals surface area contributed by atoms with Crippen molar-refractivity contribution >= 4 is 5.91 Å². The summed E-state index contributed by atoms with van der Waals surface area (Å²) in [5, 5.41) is 29.2. The molecule has 1 N–H and O–H groups in total. The topological polar surface area (TPSA) is 100 Å². The maximum absolute atomic E-state index is 11.5. The average Bonchev–Trinajstić information content (AvgIpc) is 2.31. The predicted molar refractivity (Wildman–Crippen MR) is 58.5 cm³/mol. The van der Waals surface area contributed by atoms with Gasteiger partial charge in [-0.2, -0.15) is 15.8 Å². The fourth-order valence-corrected chi connectivity index (χ4v) is 2.04. The molecular weight excluding hydrogens is 216 g/mol. The van der Waals surface area contributed by atoms with Crippen molar-refractivity contribution < 1.29 is 4.79 Å². The summed E-state index contributed by atoms with van der Waals surface area (Å²) >= 11 is 0. The molecule has 17 heavy (non-hydrogen) atoms. The normalized spacial score (nSPS) is 22.9. The molecule has 0 spiro atoms. The van der Waals surface area contributed by atoms with Crippen molar-refractivity contribution in [2.24, 2.45) is 11.8 Å². The molecule has 0 aromatic carbocycles. The van der Waals surface area contributed by atoms with E-state index in [0.29, 0.717) is 0 Å². The first-order valence-electron chi connectivity index (χ1n) is 5.41. The van der Waals surface area contributed by atoms with E-state index in [9.17, 15) is 4.79 Å². The summed E-state index contributed by atoms with van der Waals surface area (Å²) in [4.78, 5) is 11.5. The van der Waals surface area contributed by atoms with E-state index in [1.807, 2.05) is 6.92 Å². The molecule has 1 aliphatic heterocycles. The first kappa shape index (κ1) is 12.7. The minimum Gasteiger partial charge on any atom is -0.327 e. The van der Waals surface area contributed by atoms with Crippen LogP contribution in [0.15, 0.2) is 11.3 Å².